The van der Waals surface area contributed by atoms with Gasteiger partial charge in [0.1, 0.15) is 5.82 Å². The van der Waals surface area contributed by atoms with Crippen LogP contribution in [0, 0.1) is 0 Å². The van der Waals surface area contributed by atoms with Gasteiger partial charge in [-0.25, -0.2) is 19.4 Å². The fraction of sp³-hybridized carbons (Fsp3) is 0.300. The maximum atomic E-state index is 12.2. The van der Waals surface area contributed by atoms with Crippen LogP contribution in [0.5, 0.6) is 0 Å². The number of nitrogens with zero attached hydrogens (tertiary/aromatic N) is 5. The largest absolute Gasteiger partial charge is 0.357 e. The molecule has 1 aliphatic heterocycles. The van der Waals surface area contributed by atoms with Crippen molar-refractivity contribution in [2.75, 3.05) is 18.0 Å². The van der Waals surface area contributed by atoms with E-state index < -0.39 is 0 Å². The van der Waals surface area contributed by atoms with Gasteiger partial charge in [0.2, 0.25) is 0 Å². The molecular weight excluding hydrogens is 354 g/mol. The topological polar surface area (TPSA) is 88.0 Å². The Labute approximate surface area is 163 Å². The van der Waals surface area contributed by atoms with Gasteiger partial charge < -0.3 is 15.5 Å². The first-order chi connectivity index (χ1) is 13.8. The number of nitrogens with one attached hydrogen (secondary N) is 2. The van der Waals surface area contributed by atoms with Crippen molar-refractivity contribution in [3.63, 3.8) is 0 Å². The molecule has 144 valence electrons. The molecule has 1 saturated heterocycles. The number of aromatic nitrogens is 4. The Balaban J connectivity index is 1.28. The molecule has 2 amide bonds. The summed E-state index contributed by atoms with van der Waals surface area (Å²) >= 11 is 0. The Morgan fingerprint density at radius 3 is 2.21 bits per heavy atom. The minimum Gasteiger partial charge on any atom is -0.357 e. The van der Waals surface area contributed by atoms with Gasteiger partial charge in [-0.2, -0.15) is 5.10 Å². The first kappa shape index (κ1) is 18.0. The molecule has 0 radical (unpaired) electrons. The van der Waals surface area contributed by atoms with E-state index >= 15 is 0 Å². The zero-order valence-corrected chi connectivity index (χ0v) is 15.6. The van der Waals surface area contributed by atoms with Crippen LogP contribution >= 0.6 is 0 Å². The highest BCUT2D eigenvalue weighted by atomic mass is 16.2. The van der Waals surface area contributed by atoms with Crippen molar-refractivity contribution < 1.29 is 4.79 Å². The summed E-state index contributed by atoms with van der Waals surface area (Å²) in [7, 11) is 0. The second-order valence-corrected chi connectivity index (χ2v) is 6.73. The summed E-state index contributed by atoms with van der Waals surface area (Å²) in [5, 5.41) is 9.94. The predicted octanol–water partition coefficient (Wildman–Crippen LogP) is 2.26. The number of carbonyl (C=O) groups is 1. The molecule has 4 heterocycles. The smallest absolute Gasteiger partial charge is 0.315 e. The quantitative estimate of drug-likeness (QED) is 0.688. The Morgan fingerprint density at radius 1 is 0.929 bits per heavy atom. The van der Waals surface area contributed by atoms with Crippen LogP contribution in [-0.2, 0) is 13.1 Å². The maximum absolute atomic E-state index is 12.2. The maximum Gasteiger partial charge on any atom is 0.315 e. The number of anilines is 1. The van der Waals surface area contributed by atoms with Crippen LogP contribution in [0.4, 0.5) is 10.6 Å². The van der Waals surface area contributed by atoms with E-state index in [4.69, 9.17) is 0 Å². The van der Waals surface area contributed by atoms with E-state index in [1.54, 1.807) is 23.3 Å². The van der Waals surface area contributed by atoms with Gasteiger partial charge in [0, 0.05) is 51.0 Å². The van der Waals surface area contributed by atoms with Gasteiger partial charge in [0.05, 0.1) is 0 Å². The summed E-state index contributed by atoms with van der Waals surface area (Å²) in [6.07, 6.45) is 9.47. The number of carbonyl (C=O) groups excluding carboxylic acids is 1. The number of amides is 2. The van der Waals surface area contributed by atoms with Gasteiger partial charge in [-0.1, -0.05) is 0 Å². The Hall–Kier alpha value is -3.42. The van der Waals surface area contributed by atoms with Crippen LogP contribution in [0.2, 0.25) is 0 Å². The number of hydrogen-bond donors (Lipinski definition) is 2. The number of pyridine rings is 2. The minimum atomic E-state index is -0.211. The molecule has 3 aromatic rings. The highest BCUT2D eigenvalue weighted by Crippen LogP contribution is 2.18. The summed E-state index contributed by atoms with van der Waals surface area (Å²) in [6.45, 7) is 2.98. The van der Waals surface area contributed by atoms with Crippen LogP contribution < -0.4 is 15.5 Å². The molecule has 1 aliphatic rings. The minimum absolute atomic E-state index is 0.211. The normalized spacial score (nSPS) is 13.5. The van der Waals surface area contributed by atoms with E-state index in [1.165, 1.54) is 12.8 Å². The Morgan fingerprint density at radius 2 is 1.57 bits per heavy atom. The van der Waals surface area contributed by atoms with Crippen molar-refractivity contribution in [2.45, 2.75) is 25.9 Å². The molecule has 0 aromatic carbocycles. The van der Waals surface area contributed by atoms with E-state index in [1.807, 2.05) is 36.5 Å². The second kappa shape index (κ2) is 8.51. The fourth-order valence-corrected chi connectivity index (χ4v) is 3.22. The molecule has 0 atom stereocenters. The molecule has 0 unspecified atom stereocenters. The standard InChI is InChI=1S/C20H23N7O/c28-20(23-14-16-4-7-21-18(12-16)26-9-1-2-10-26)24-15-17-5-8-22-19(13-17)27-11-3-6-25-27/h3-8,11-13H,1-2,9-10,14-15H2,(H2,23,24,28). The third-order valence-corrected chi connectivity index (χ3v) is 4.70. The lowest BCUT2D eigenvalue weighted by Crippen LogP contribution is -2.34. The first-order valence-electron chi connectivity index (χ1n) is 9.44. The van der Waals surface area contributed by atoms with Gasteiger partial charge in [-0.15, -0.1) is 0 Å². The SMILES string of the molecule is O=C(NCc1ccnc(N2CCCC2)c1)NCc1ccnc(-n2cccn2)c1. The monoisotopic (exact) mass is 377 g/mol. The molecule has 0 spiro atoms. The lowest BCUT2D eigenvalue weighted by Gasteiger charge is -2.17. The molecule has 28 heavy (non-hydrogen) atoms. The number of rotatable bonds is 6. The third kappa shape index (κ3) is 4.46. The molecular formula is C20H23N7O. The van der Waals surface area contributed by atoms with Crippen LogP contribution in [-0.4, -0.2) is 38.9 Å². The average molecular weight is 377 g/mol. The summed E-state index contributed by atoms with van der Waals surface area (Å²) in [4.78, 5) is 23.2. The molecule has 0 aliphatic carbocycles. The molecule has 3 aromatic heterocycles. The van der Waals surface area contributed by atoms with Crippen LogP contribution in [0.15, 0.2) is 55.1 Å². The molecule has 8 nitrogen and oxygen atoms in total. The molecule has 0 saturated carbocycles. The number of hydrogen-bond acceptors (Lipinski definition) is 5. The van der Waals surface area contributed by atoms with Crippen molar-refractivity contribution in [2.24, 2.45) is 0 Å². The van der Waals surface area contributed by atoms with Gasteiger partial charge in [-0.05, 0) is 54.3 Å². The van der Waals surface area contributed by atoms with Gasteiger partial charge in [0.25, 0.3) is 0 Å². The van der Waals surface area contributed by atoms with Crippen molar-refractivity contribution in [3.8, 4) is 5.82 Å². The Bertz CT molecular complexity index is 920. The first-order valence-corrected chi connectivity index (χ1v) is 9.44. The van der Waals surface area contributed by atoms with E-state index in [2.05, 4.69) is 30.6 Å². The summed E-state index contributed by atoms with van der Waals surface area (Å²) in [5.41, 5.74) is 1.99. The lowest BCUT2D eigenvalue weighted by molar-refractivity contribution is 0.240. The predicted molar refractivity (Wildman–Crippen MR) is 106 cm³/mol. The molecule has 1 fully saturated rings. The second-order valence-electron chi connectivity index (χ2n) is 6.73. The zero-order chi connectivity index (χ0) is 19.2. The van der Waals surface area contributed by atoms with Crippen molar-refractivity contribution in [3.05, 3.63) is 66.2 Å². The fourth-order valence-electron chi connectivity index (χ4n) is 3.22. The highest BCUT2D eigenvalue weighted by molar-refractivity contribution is 5.73. The average Bonchev–Trinajstić information content (AvgIpc) is 3.45. The summed E-state index contributed by atoms with van der Waals surface area (Å²) < 4.78 is 1.69. The van der Waals surface area contributed by atoms with E-state index in [0.29, 0.717) is 13.1 Å². The molecule has 8 heteroatoms. The van der Waals surface area contributed by atoms with Crippen LogP contribution in [0.3, 0.4) is 0 Å². The molecule has 2 N–H and O–H groups in total. The van der Waals surface area contributed by atoms with Gasteiger partial charge >= 0.3 is 6.03 Å². The van der Waals surface area contributed by atoms with Crippen molar-refractivity contribution in [1.29, 1.82) is 0 Å². The van der Waals surface area contributed by atoms with E-state index in [9.17, 15) is 4.79 Å². The van der Waals surface area contributed by atoms with Gasteiger partial charge in [0.15, 0.2) is 5.82 Å². The molecule has 4 rings (SSSR count). The van der Waals surface area contributed by atoms with E-state index in [0.717, 1.165) is 35.9 Å². The molecule has 0 bridgehead atoms. The number of urea groups is 1. The van der Waals surface area contributed by atoms with Crippen molar-refractivity contribution >= 4 is 11.8 Å². The summed E-state index contributed by atoms with van der Waals surface area (Å²) in [6, 6.07) is 9.38. The van der Waals surface area contributed by atoms with Gasteiger partial charge in [-0.3, -0.25) is 0 Å². The van der Waals surface area contributed by atoms with E-state index in [-0.39, 0.29) is 6.03 Å². The lowest BCUT2D eigenvalue weighted by atomic mass is 10.2. The zero-order valence-electron chi connectivity index (χ0n) is 15.6. The summed E-state index contributed by atoms with van der Waals surface area (Å²) in [5.74, 6) is 1.70. The van der Waals surface area contributed by atoms with Crippen molar-refractivity contribution in [1.82, 2.24) is 30.4 Å². The third-order valence-electron chi connectivity index (χ3n) is 4.70. The Kier molecular flexibility index (Phi) is 5.46. The van der Waals surface area contributed by atoms with Crippen LogP contribution in [0.25, 0.3) is 5.82 Å². The van der Waals surface area contributed by atoms with Crippen LogP contribution in [0.1, 0.15) is 24.0 Å². The highest BCUT2D eigenvalue weighted by Gasteiger charge is 2.13.